The number of thioether (sulfide) groups is 1. The topological polar surface area (TPSA) is 86.3 Å². The number of hydrogen-bond acceptors (Lipinski definition) is 6. The van der Waals surface area contributed by atoms with E-state index in [9.17, 15) is 18.0 Å². The van der Waals surface area contributed by atoms with Crippen LogP contribution in [0.3, 0.4) is 0 Å². The Bertz CT molecular complexity index is 849. The second-order valence-corrected chi connectivity index (χ2v) is 6.90. The molecule has 1 aromatic carbocycles. The summed E-state index contributed by atoms with van der Waals surface area (Å²) < 4.78 is 38.8. The number of anilines is 3. The number of pyridine rings is 1. The van der Waals surface area contributed by atoms with Crippen molar-refractivity contribution >= 4 is 46.3 Å². The highest BCUT2D eigenvalue weighted by Crippen LogP contribution is 2.34. The molecule has 2 rings (SSSR count). The first-order chi connectivity index (χ1) is 12.7. The lowest BCUT2D eigenvalue weighted by Gasteiger charge is -2.16. The van der Waals surface area contributed by atoms with Gasteiger partial charge in [-0.1, -0.05) is 18.5 Å². The Labute approximate surface area is 162 Å². The van der Waals surface area contributed by atoms with Crippen molar-refractivity contribution in [3.8, 4) is 0 Å². The minimum absolute atomic E-state index is 0.0780. The average Bonchev–Trinajstić information content (AvgIpc) is 2.61. The van der Waals surface area contributed by atoms with Crippen LogP contribution in [0.25, 0.3) is 0 Å². The number of hydrogen-bond donors (Lipinski definition) is 4. The zero-order chi connectivity index (χ0) is 20.2. The van der Waals surface area contributed by atoms with E-state index in [1.165, 1.54) is 30.9 Å². The second kappa shape index (κ2) is 8.68. The highest BCUT2D eigenvalue weighted by Gasteiger charge is 2.33. The first kappa shape index (κ1) is 21.1. The number of nitrogens with zero attached hydrogens (tertiary/aromatic N) is 1. The van der Waals surface area contributed by atoms with Gasteiger partial charge in [0.05, 0.1) is 33.8 Å². The summed E-state index contributed by atoms with van der Waals surface area (Å²) in [7, 11) is 1.49. The molecular formula is C16H16ClF3N4O2S. The maximum atomic E-state index is 12.9. The van der Waals surface area contributed by atoms with Gasteiger partial charge in [0.1, 0.15) is 5.69 Å². The van der Waals surface area contributed by atoms with E-state index in [1.54, 1.807) is 0 Å². The third kappa shape index (κ3) is 4.96. The van der Waals surface area contributed by atoms with Crippen molar-refractivity contribution in [2.24, 2.45) is 0 Å². The lowest BCUT2D eigenvalue weighted by Crippen LogP contribution is -2.17. The maximum absolute atomic E-state index is 12.9. The van der Waals surface area contributed by atoms with Crippen LogP contribution < -0.4 is 16.1 Å². The van der Waals surface area contributed by atoms with Gasteiger partial charge in [0.25, 0.3) is 5.91 Å². The molecule has 11 heteroatoms. The van der Waals surface area contributed by atoms with Crippen molar-refractivity contribution in [2.45, 2.75) is 18.0 Å². The number of rotatable bonds is 6. The van der Waals surface area contributed by atoms with Crippen LogP contribution in [0.15, 0.2) is 29.3 Å². The normalized spacial score (nSPS) is 11.2. The van der Waals surface area contributed by atoms with Crippen LogP contribution >= 0.6 is 23.4 Å². The Morgan fingerprint density at radius 3 is 2.52 bits per heavy atom. The van der Waals surface area contributed by atoms with Gasteiger partial charge >= 0.3 is 6.18 Å². The molecule has 146 valence electrons. The molecular weight excluding hydrogens is 405 g/mol. The monoisotopic (exact) mass is 420 g/mol. The fraction of sp³-hybridized carbons (Fsp3) is 0.250. The van der Waals surface area contributed by atoms with E-state index in [-0.39, 0.29) is 27.6 Å². The minimum Gasteiger partial charge on any atom is -0.385 e. The molecule has 2 aromatic rings. The largest absolute Gasteiger partial charge is 0.433 e. The van der Waals surface area contributed by atoms with Crippen molar-refractivity contribution in [1.29, 1.82) is 0 Å². The second-order valence-electron chi connectivity index (χ2n) is 5.19. The molecule has 0 aliphatic rings. The molecule has 0 aliphatic heterocycles. The predicted molar refractivity (Wildman–Crippen MR) is 100.0 cm³/mol. The van der Waals surface area contributed by atoms with Gasteiger partial charge in [-0.25, -0.2) is 4.98 Å². The summed E-state index contributed by atoms with van der Waals surface area (Å²) in [6.07, 6.45) is -3.66. The van der Waals surface area contributed by atoms with Gasteiger partial charge in [0.15, 0.2) is 0 Å². The summed E-state index contributed by atoms with van der Waals surface area (Å²) in [5, 5.41) is 14.5. The maximum Gasteiger partial charge on any atom is 0.433 e. The molecule has 0 radical (unpaired) electrons. The van der Waals surface area contributed by atoms with Crippen molar-refractivity contribution in [3.63, 3.8) is 0 Å². The number of carbonyl (C=O) groups excluding carboxylic acids is 1. The molecule has 0 saturated heterocycles. The zero-order valence-electron chi connectivity index (χ0n) is 14.2. The molecule has 0 fully saturated rings. The van der Waals surface area contributed by atoms with E-state index in [0.717, 1.165) is 12.3 Å². The number of alkyl halides is 3. The van der Waals surface area contributed by atoms with Crippen molar-refractivity contribution < 1.29 is 23.2 Å². The number of carbonyl (C=O) groups is 1. The molecule has 4 N–H and O–H groups in total. The molecule has 0 unspecified atom stereocenters. The van der Waals surface area contributed by atoms with Crippen molar-refractivity contribution in [2.75, 3.05) is 28.9 Å². The molecule has 1 aromatic heterocycles. The van der Waals surface area contributed by atoms with E-state index < -0.39 is 17.8 Å². The number of benzene rings is 1. The van der Waals surface area contributed by atoms with E-state index in [1.807, 2.05) is 12.4 Å². The lowest BCUT2D eigenvalue weighted by molar-refractivity contribution is -0.141. The smallest absolute Gasteiger partial charge is 0.385 e. The van der Waals surface area contributed by atoms with Crippen LogP contribution in [0.2, 0.25) is 5.02 Å². The average molecular weight is 421 g/mol. The highest BCUT2D eigenvalue weighted by atomic mass is 35.5. The Morgan fingerprint density at radius 2 is 1.96 bits per heavy atom. The summed E-state index contributed by atoms with van der Waals surface area (Å²) in [4.78, 5) is 16.6. The van der Waals surface area contributed by atoms with E-state index >= 15 is 0 Å². The van der Waals surface area contributed by atoms with Crippen LogP contribution in [0.1, 0.15) is 23.0 Å². The number of nitrogens with one attached hydrogen (secondary N) is 3. The molecule has 0 saturated carbocycles. The fourth-order valence-electron chi connectivity index (χ4n) is 2.20. The SMILES string of the molecule is CCSc1cc(Cl)c(NO)cc1C(=O)Nc1cc(C(F)(F)F)ncc1NC. The van der Waals surface area contributed by atoms with Crippen molar-refractivity contribution in [1.82, 2.24) is 4.98 Å². The summed E-state index contributed by atoms with van der Waals surface area (Å²) in [5.74, 6) is -0.0208. The number of amides is 1. The molecule has 0 bridgehead atoms. The molecule has 6 nitrogen and oxygen atoms in total. The molecule has 0 spiro atoms. The van der Waals surface area contributed by atoms with Gasteiger partial charge in [-0.05, 0) is 24.0 Å². The Hall–Kier alpha value is -2.17. The van der Waals surface area contributed by atoms with Gasteiger partial charge in [-0.15, -0.1) is 11.8 Å². The van der Waals surface area contributed by atoms with Gasteiger partial charge in [-0.3, -0.25) is 15.5 Å². The fourth-order valence-corrected chi connectivity index (χ4v) is 3.29. The first-order valence-corrected chi connectivity index (χ1v) is 9.00. The van der Waals surface area contributed by atoms with E-state index in [2.05, 4.69) is 15.6 Å². The minimum atomic E-state index is -4.65. The Morgan fingerprint density at radius 1 is 1.26 bits per heavy atom. The van der Waals surface area contributed by atoms with E-state index in [4.69, 9.17) is 16.8 Å². The molecule has 0 atom stereocenters. The van der Waals surface area contributed by atoms with Crippen LogP contribution in [-0.4, -0.2) is 28.9 Å². The third-order valence-electron chi connectivity index (χ3n) is 3.45. The standard InChI is InChI=1S/C16H16ClF3N4O2S/c1-3-27-13-5-9(17)10(24-26)4-8(13)15(25)23-11-6-14(16(18,19)20)22-7-12(11)21-2/h4-7,21,24,26H,3H2,1-2H3,(H,22,23,25). The van der Waals surface area contributed by atoms with Crippen LogP contribution in [0.5, 0.6) is 0 Å². The summed E-state index contributed by atoms with van der Waals surface area (Å²) >= 11 is 7.34. The van der Waals surface area contributed by atoms with Gasteiger partial charge in [0, 0.05) is 11.9 Å². The molecule has 27 heavy (non-hydrogen) atoms. The lowest BCUT2D eigenvalue weighted by atomic mass is 10.1. The molecule has 1 amide bonds. The van der Waals surface area contributed by atoms with Crippen LogP contribution in [0, 0.1) is 0 Å². The highest BCUT2D eigenvalue weighted by molar-refractivity contribution is 7.99. The Balaban J connectivity index is 2.45. The number of aromatic nitrogens is 1. The Kier molecular flexibility index (Phi) is 6.79. The molecule has 0 aliphatic carbocycles. The molecule has 1 heterocycles. The predicted octanol–water partition coefficient (Wildman–Crippen LogP) is 4.96. The number of halogens is 4. The van der Waals surface area contributed by atoms with E-state index in [0.29, 0.717) is 10.6 Å². The van der Waals surface area contributed by atoms with Crippen LogP contribution in [0.4, 0.5) is 30.2 Å². The first-order valence-electron chi connectivity index (χ1n) is 7.64. The summed E-state index contributed by atoms with van der Waals surface area (Å²) in [6, 6.07) is 3.56. The summed E-state index contributed by atoms with van der Waals surface area (Å²) in [6.45, 7) is 1.87. The van der Waals surface area contributed by atoms with Crippen molar-refractivity contribution in [3.05, 3.63) is 40.7 Å². The van der Waals surface area contributed by atoms with Gasteiger partial charge in [0.2, 0.25) is 0 Å². The quantitative estimate of drug-likeness (QED) is 0.390. The van der Waals surface area contributed by atoms with Crippen LogP contribution in [-0.2, 0) is 6.18 Å². The summed E-state index contributed by atoms with van der Waals surface area (Å²) in [5.41, 5.74) is 1.14. The zero-order valence-corrected chi connectivity index (χ0v) is 15.8. The van der Waals surface area contributed by atoms with Gasteiger partial charge in [-0.2, -0.15) is 13.2 Å². The third-order valence-corrected chi connectivity index (χ3v) is 4.70. The van der Waals surface area contributed by atoms with Gasteiger partial charge < -0.3 is 10.6 Å².